The molecule has 0 aromatic heterocycles. The van der Waals surface area contributed by atoms with Crippen LogP contribution < -0.4 is 10.5 Å². The van der Waals surface area contributed by atoms with Crippen molar-refractivity contribution >= 4 is 29.0 Å². The van der Waals surface area contributed by atoms with Crippen LogP contribution in [0.5, 0.6) is 11.5 Å². The van der Waals surface area contributed by atoms with Gasteiger partial charge >= 0.3 is 0 Å². The third-order valence-electron chi connectivity index (χ3n) is 9.92. The van der Waals surface area contributed by atoms with Crippen molar-refractivity contribution < 1.29 is 38.9 Å². The predicted octanol–water partition coefficient (Wildman–Crippen LogP) is 1.90. The maximum absolute atomic E-state index is 14.5. The van der Waals surface area contributed by atoms with Crippen LogP contribution in [-0.2, 0) is 37.6 Å². The van der Waals surface area contributed by atoms with Crippen molar-refractivity contribution in [2.45, 2.75) is 57.2 Å². The molecule has 2 aromatic rings. The van der Waals surface area contributed by atoms with Crippen molar-refractivity contribution in [3.05, 3.63) is 46.5 Å². The average Bonchev–Trinajstić information content (AvgIpc) is 2.93. The average molecular weight is 634 g/mol. The number of rotatable bonds is 6. The first kappa shape index (κ1) is 33.4. The van der Waals surface area contributed by atoms with Gasteiger partial charge in [-0.2, -0.15) is 0 Å². The fourth-order valence-corrected chi connectivity index (χ4v) is 7.91. The van der Waals surface area contributed by atoms with Crippen molar-refractivity contribution in [1.29, 1.82) is 0 Å². The fourth-order valence-electron chi connectivity index (χ4n) is 7.91. The molecule has 2 fully saturated rings. The number of fused-ring (bicyclic) bond motifs is 3. The van der Waals surface area contributed by atoms with Gasteiger partial charge in [0.25, 0.3) is 0 Å². The fraction of sp³-hybridized carbons (Fsp3) is 0.514. The summed E-state index contributed by atoms with van der Waals surface area (Å²) in [6, 6.07) is 6.51. The van der Waals surface area contributed by atoms with Gasteiger partial charge in [-0.1, -0.05) is 26.8 Å². The molecule has 5 rings (SSSR count). The Morgan fingerprint density at radius 3 is 2.24 bits per heavy atom. The molecule has 246 valence electrons. The standard InChI is InChI=1S/C35H43N3O8/c1-34(2,3)22-14-18(19-11-16(15-37(4)5)9-10-23(19)46-8)20-12-17-13-21-27(38(6)7)30(41)26(33(36)44)32(43)35(21,45)31(42)24(17)29(40)25(20)28(22)39/h9-11,14,17,21,24,26-27,39,45H,12-13,15H2,1-8H3,(H2,36,44)/t17-,21-,24?,26?,27-,35-/m0/s1. The molecule has 0 spiro atoms. The number of aromatic hydroxyl groups is 1. The summed E-state index contributed by atoms with van der Waals surface area (Å²) in [6.45, 7) is 6.34. The van der Waals surface area contributed by atoms with Crippen LogP contribution in [0, 0.1) is 23.7 Å². The molecular formula is C35H43N3O8. The highest BCUT2D eigenvalue weighted by molar-refractivity contribution is 6.32. The second kappa shape index (κ2) is 11.4. The number of hydrogen-bond acceptors (Lipinski definition) is 10. The number of phenols is 1. The lowest BCUT2D eigenvalue weighted by molar-refractivity contribution is -0.181. The Balaban J connectivity index is 1.75. The van der Waals surface area contributed by atoms with E-state index in [-0.39, 0.29) is 24.2 Å². The van der Waals surface area contributed by atoms with Gasteiger partial charge in [-0.05, 0) is 87.3 Å². The lowest BCUT2D eigenvalue weighted by Crippen LogP contribution is -2.74. The summed E-state index contributed by atoms with van der Waals surface area (Å²) in [5.41, 5.74) is 5.39. The molecular weight excluding hydrogens is 590 g/mol. The van der Waals surface area contributed by atoms with Crippen LogP contribution >= 0.6 is 0 Å². The Labute approximate surface area is 268 Å². The number of methoxy groups -OCH3 is 1. The SMILES string of the molecule is COc1ccc(CN(C)C)cc1-c1cc(C(C)(C)C)c(O)c2c1C[C@H]1C[C@H]3[C@H](N(C)C)C(=O)C(C(N)=O)C(=O)[C@@]3(O)C(=O)C1C2=O. The number of likely N-dealkylation sites (N-methyl/N-ethyl adjacent to an activating group) is 1. The third kappa shape index (κ3) is 4.96. The molecule has 3 aliphatic carbocycles. The van der Waals surface area contributed by atoms with Crippen LogP contribution in [0.1, 0.15) is 54.2 Å². The lowest BCUT2D eigenvalue weighted by Gasteiger charge is -2.52. The van der Waals surface area contributed by atoms with Gasteiger partial charge in [-0.15, -0.1) is 0 Å². The molecule has 0 saturated heterocycles. The Morgan fingerprint density at radius 2 is 1.70 bits per heavy atom. The van der Waals surface area contributed by atoms with E-state index in [1.165, 1.54) is 4.90 Å². The molecule has 0 bridgehead atoms. The Hall–Kier alpha value is -3.93. The number of ether oxygens (including phenoxy) is 1. The normalized spacial score (nSPS) is 27.8. The van der Waals surface area contributed by atoms with E-state index >= 15 is 0 Å². The van der Waals surface area contributed by atoms with E-state index in [0.717, 1.165) is 5.56 Å². The van der Waals surface area contributed by atoms with Crippen molar-refractivity contribution in [1.82, 2.24) is 9.80 Å². The van der Waals surface area contributed by atoms with Gasteiger partial charge in [0.2, 0.25) is 5.91 Å². The molecule has 46 heavy (non-hydrogen) atoms. The first-order chi connectivity index (χ1) is 21.4. The summed E-state index contributed by atoms with van der Waals surface area (Å²) in [5, 5.41) is 23.6. The Bertz CT molecular complexity index is 1670. The minimum absolute atomic E-state index is 0.0249. The van der Waals surface area contributed by atoms with Crippen molar-refractivity contribution in [2.24, 2.45) is 29.4 Å². The number of benzene rings is 2. The summed E-state index contributed by atoms with van der Waals surface area (Å²) in [4.78, 5) is 71.7. The number of aliphatic hydroxyl groups is 1. The van der Waals surface area contributed by atoms with Crippen LogP contribution in [0.3, 0.4) is 0 Å². The molecule has 0 heterocycles. The molecule has 2 aromatic carbocycles. The van der Waals surface area contributed by atoms with E-state index in [9.17, 15) is 34.2 Å². The summed E-state index contributed by atoms with van der Waals surface area (Å²) >= 11 is 0. The smallest absolute Gasteiger partial charge is 0.235 e. The monoisotopic (exact) mass is 633 g/mol. The second-order valence-electron chi connectivity index (χ2n) is 14.5. The maximum atomic E-state index is 14.5. The largest absolute Gasteiger partial charge is 0.507 e. The van der Waals surface area contributed by atoms with Crippen molar-refractivity contribution in [2.75, 3.05) is 35.3 Å². The van der Waals surface area contributed by atoms with Crippen LogP contribution in [0.15, 0.2) is 24.3 Å². The lowest BCUT2D eigenvalue weighted by atomic mass is 9.52. The Kier molecular flexibility index (Phi) is 8.28. The Morgan fingerprint density at radius 1 is 1.04 bits per heavy atom. The number of hydrogen-bond donors (Lipinski definition) is 3. The number of phenolic OH excluding ortho intramolecular Hbond substituents is 1. The highest BCUT2D eigenvalue weighted by atomic mass is 16.5. The van der Waals surface area contributed by atoms with E-state index in [2.05, 4.69) is 0 Å². The van der Waals surface area contributed by atoms with Crippen molar-refractivity contribution in [3.8, 4) is 22.6 Å². The van der Waals surface area contributed by atoms with E-state index in [0.29, 0.717) is 34.5 Å². The molecule has 11 nitrogen and oxygen atoms in total. The molecule has 2 saturated carbocycles. The number of Topliss-reactive ketones (excluding diaryl/α,β-unsaturated/α-hetero) is 4. The van der Waals surface area contributed by atoms with Gasteiger partial charge < -0.3 is 25.6 Å². The number of nitrogens with two attached hydrogens (primary N) is 1. The second-order valence-corrected chi connectivity index (χ2v) is 14.5. The number of nitrogens with zero attached hydrogens (tertiary/aromatic N) is 2. The highest BCUT2D eigenvalue weighted by Gasteiger charge is 2.69. The minimum Gasteiger partial charge on any atom is -0.507 e. The quantitative estimate of drug-likeness (QED) is 0.400. The van der Waals surface area contributed by atoms with Gasteiger partial charge in [0.1, 0.15) is 11.5 Å². The zero-order valence-corrected chi connectivity index (χ0v) is 27.6. The molecule has 0 aliphatic heterocycles. The summed E-state index contributed by atoms with van der Waals surface area (Å²) < 4.78 is 5.77. The molecule has 0 radical (unpaired) electrons. The number of amides is 1. The van der Waals surface area contributed by atoms with Crippen molar-refractivity contribution in [3.63, 3.8) is 0 Å². The van der Waals surface area contributed by atoms with Crippen LogP contribution in [0.2, 0.25) is 0 Å². The van der Waals surface area contributed by atoms with Crippen LogP contribution in [0.25, 0.3) is 11.1 Å². The van der Waals surface area contributed by atoms with Gasteiger partial charge in [0, 0.05) is 23.6 Å². The number of primary amides is 1. The minimum atomic E-state index is -2.78. The zero-order valence-electron chi connectivity index (χ0n) is 27.6. The van der Waals surface area contributed by atoms with Gasteiger partial charge in [0.05, 0.1) is 24.6 Å². The summed E-state index contributed by atoms with van der Waals surface area (Å²) in [6.07, 6.45) is 0.128. The molecule has 2 unspecified atom stereocenters. The summed E-state index contributed by atoms with van der Waals surface area (Å²) in [5.74, 6) is -10.2. The highest BCUT2D eigenvalue weighted by Crippen LogP contribution is 2.53. The number of carbonyl (C=O) groups is 5. The van der Waals surface area contributed by atoms with Gasteiger partial charge in [0.15, 0.2) is 34.7 Å². The van der Waals surface area contributed by atoms with E-state index in [1.54, 1.807) is 21.2 Å². The summed E-state index contributed by atoms with van der Waals surface area (Å²) in [7, 11) is 8.59. The first-order valence-corrected chi connectivity index (χ1v) is 15.4. The predicted molar refractivity (Wildman–Crippen MR) is 169 cm³/mol. The number of carbonyl (C=O) groups excluding carboxylic acids is 5. The van der Waals surface area contributed by atoms with E-state index in [1.807, 2.05) is 64.0 Å². The van der Waals surface area contributed by atoms with E-state index in [4.69, 9.17) is 10.5 Å². The topological polar surface area (TPSA) is 168 Å². The van der Waals surface area contributed by atoms with Gasteiger partial charge in [-0.3, -0.25) is 28.9 Å². The zero-order chi connectivity index (χ0) is 34.2. The molecule has 4 N–H and O–H groups in total. The molecule has 3 aliphatic rings. The third-order valence-corrected chi connectivity index (χ3v) is 9.92. The molecule has 6 atom stereocenters. The van der Waals surface area contributed by atoms with Crippen LogP contribution in [-0.4, -0.2) is 96.0 Å². The first-order valence-electron chi connectivity index (χ1n) is 15.4. The van der Waals surface area contributed by atoms with Crippen LogP contribution in [0.4, 0.5) is 0 Å². The number of ketones is 4. The molecule has 11 heteroatoms. The van der Waals surface area contributed by atoms with Gasteiger partial charge in [-0.25, -0.2) is 0 Å². The van der Waals surface area contributed by atoms with E-state index < -0.39 is 69.8 Å². The molecule has 1 amide bonds. The maximum Gasteiger partial charge on any atom is 0.235 e.